The fourth-order valence-electron chi connectivity index (χ4n) is 1.68. The van der Waals surface area contributed by atoms with Crippen molar-refractivity contribution in [1.82, 2.24) is 14.5 Å². The zero-order valence-corrected chi connectivity index (χ0v) is 9.26. The van der Waals surface area contributed by atoms with Crippen LogP contribution in [0.5, 0.6) is 0 Å². The number of halogens is 1. The number of nitrogens with zero attached hydrogens (tertiary/aromatic N) is 3. The van der Waals surface area contributed by atoms with Gasteiger partial charge in [-0.25, -0.2) is 4.98 Å². The van der Waals surface area contributed by atoms with Crippen molar-refractivity contribution in [2.24, 2.45) is 0 Å². The van der Waals surface area contributed by atoms with Gasteiger partial charge in [-0.15, -0.1) is 12.4 Å². The van der Waals surface area contributed by atoms with Crippen LogP contribution >= 0.6 is 12.4 Å². The first kappa shape index (κ1) is 10.6. The van der Waals surface area contributed by atoms with Gasteiger partial charge in [0.2, 0.25) is 0 Å². The highest BCUT2D eigenvalue weighted by molar-refractivity contribution is 5.85. The van der Waals surface area contributed by atoms with Crippen LogP contribution in [0.25, 0.3) is 16.7 Å². The molecule has 0 bridgehead atoms. The van der Waals surface area contributed by atoms with E-state index in [1.54, 1.807) is 18.6 Å². The third-order valence-corrected chi connectivity index (χ3v) is 2.39. The van der Waals surface area contributed by atoms with Crippen LogP contribution in [-0.4, -0.2) is 14.5 Å². The zero-order chi connectivity index (χ0) is 10.1. The number of rotatable bonds is 1. The normalized spacial score (nSPS) is 10.0. The Morgan fingerprint density at radius 1 is 0.938 bits per heavy atom. The van der Waals surface area contributed by atoms with Crippen LogP contribution in [0.4, 0.5) is 0 Å². The molecule has 3 rings (SSSR count). The monoisotopic (exact) mass is 231 g/mol. The van der Waals surface area contributed by atoms with Gasteiger partial charge < -0.3 is 4.57 Å². The number of hydrogen-bond donors (Lipinski definition) is 0. The summed E-state index contributed by atoms with van der Waals surface area (Å²) in [5.74, 6) is 0. The molecule has 0 aliphatic carbocycles. The number of fused-ring (bicyclic) bond motifs is 1. The second-order valence-electron chi connectivity index (χ2n) is 3.31. The maximum absolute atomic E-state index is 4.36. The Morgan fingerprint density at radius 3 is 2.56 bits per heavy atom. The second kappa shape index (κ2) is 4.33. The van der Waals surface area contributed by atoms with Crippen LogP contribution in [0.3, 0.4) is 0 Å². The molecule has 16 heavy (non-hydrogen) atoms. The summed E-state index contributed by atoms with van der Waals surface area (Å²) < 4.78 is 2.05. The molecule has 0 aromatic carbocycles. The summed E-state index contributed by atoms with van der Waals surface area (Å²) in [5.41, 5.74) is 2.06. The first-order valence-electron chi connectivity index (χ1n) is 4.77. The molecule has 0 N–H and O–H groups in total. The quantitative estimate of drug-likeness (QED) is 0.645. The van der Waals surface area contributed by atoms with Crippen molar-refractivity contribution < 1.29 is 0 Å². The van der Waals surface area contributed by atoms with Gasteiger partial charge in [0.05, 0.1) is 5.69 Å². The lowest BCUT2D eigenvalue weighted by molar-refractivity contribution is 1.08. The van der Waals surface area contributed by atoms with Gasteiger partial charge in [-0.05, 0) is 30.3 Å². The van der Waals surface area contributed by atoms with Gasteiger partial charge in [0.15, 0.2) is 0 Å². The first-order valence-corrected chi connectivity index (χ1v) is 4.77. The molecule has 3 aromatic heterocycles. The van der Waals surface area contributed by atoms with E-state index < -0.39 is 0 Å². The van der Waals surface area contributed by atoms with Crippen LogP contribution in [0, 0.1) is 0 Å². The Morgan fingerprint density at radius 2 is 1.75 bits per heavy atom. The molecule has 0 radical (unpaired) electrons. The van der Waals surface area contributed by atoms with Crippen LogP contribution in [0.2, 0.25) is 0 Å². The SMILES string of the molecule is Cl.c1cnc2c(c1)ccn2-c1ccncc1. The molecule has 0 amide bonds. The van der Waals surface area contributed by atoms with Crippen molar-refractivity contribution in [2.45, 2.75) is 0 Å². The van der Waals surface area contributed by atoms with E-state index in [1.165, 1.54) is 0 Å². The summed E-state index contributed by atoms with van der Waals surface area (Å²) in [6.07, 6.45) is 7.39. The maximum Gasteiger partial charge on any atom is 0.144 e. The van der Waals surface area contributed by atoms with Gasteiger partial charge in [-0.3, -0.25) is 4.98 Å². The van der Waals surface area contributed by atoms with E-state index >= 15 is 0 Å². The second-order valence-corrected chi connectivity index (χ2v) is 3.31. The molecule has 0 aliphatic rings. The van der Waals surface area contributed by atoms with Crippen molar-refractivity contribution in [3.8, 4) is 5.69 Å². The predicted octanol–water partition coefficient (Wildman–Crippen LogP) is 2.84. The Bertz CT molecular complexity index is 589. The van der Waals surface area contributed by atoms with E-state index in [2.05, 4.69) is 26.7 Å². The molecule has 0 aliphatic heterocycles. The molecule has 0 atom stereocenters. The fourth-order valence-corrected chi connectivity index (χ4v) is 1.68. The van der Waals surface area contributed by atoms with Crippen LogP contribution in [0.15, 0.2) is 55.1 Å². The fraction of sp³-hybridized carbons (Fsp3) is 0. The topological polar surface area (TPSA) is 30.7 Å². The lowest BCUT2D eigenvalue weighted by Crippen LogP contribution is -1.92. The molecular formula is C12H10ClN3. The van der Waals surface area contributed by atoms with Crippen molar-refractivity contribution in [3.63, 3.8) is 0 Å². The van der Waals surface area contributed by atoms with Crippen molar-refractivity contribution in [2.75, 3.05) is 0 Å². The van der Waals surface area contributed by atoms with Crippen molar-refractivity contribution in [1.29, 1.82) is 0 Å². The lowest BCUT2D eigenvalue weighted by Gasteiger charge is -2.02. The van der Waals surface area contributed by atoms with E-state index in [-0.39, 0.29) is 12.4 Å². The summed E-state index contributed by atoms with van der Waals surface area (Å²) in [5, 5.41) is 1.15. The molecule has 0 saturated heterocycles. The smallest absolute Gasteiger partial charge is 0.144 e. The summed E-state index contributed by atoms with van der Waals surface area (Å²) >= 11 is 0. The Hall–Kier alpha value is -1.87. The Balaban J connectivity index is 0.000000963. The highest BCUT2D eigenvalue weighted by atomic mass is 35.5. The molecule has 80 valence electrons. The molecule has 0 fully saturated rings. The molecule has 0 spiro atoms. The highest BCUT2D eigenvalue weighted by Crippen LogP contribution is 2.16. The van der Waals surface area contributed by atoms with E-state index in [0.29, 0.717) is 0 Å². The highest BCUT2D eigenvalue weighted by Gasteiger charge is 2.02. The van der Waals surface area contributed by atoms with Crippen LogP contribution in [-0.2, 0) is 0 Å². The molecule has 0 unspecified atom stereocenters. The molecular weight excluding hydrogens is 222 g/mol. The van der Waals surface area contributed by atoms with Gasteiger partial charge in [0.1, 0.15) is 5.65 Å². The van der Waals surface area contributed by atoms with E-state index in [1.807, 2.05) is 24.4 Å². The molecule has 0 saturated carbocycles. The van der Waals surface area contributed by atoms with E-state index in [0.717, 1.165) is 16.7 Å². The van der Waals surface area contributed by atoms with Crippen LogP contribution in [0.1, 0.15) is 0 Å². The summed E-state index contributed by atoms with van der Waals surface area (Å²) in [7, 11) is 0. The summed E-state index contributed by atoms with van der Waals surface area (Å²) in [6.45, 7) is 0. The van der Waals surface area contributed by atoms with Gasteiger partial charge in [0, 0.05) is 30.2 Å². The maximum atomic E-state index is 4.36. The van der Waals surface area contributed by atoms with E-state index in [9.17, 15) is 0 Å². The first-order chi connectivity index (χ1) is 7.45. The minimum Gasteiger partial charge on any atom is -0.301 e. The zero-order valence-electron chi connectivity index (χ0n) is 8.45. The minimum atomic E-state index is 0. The number of hydrogen-bond acceptors (Lipinski definition) is 2. The van der Waals surface area contributed by atoms with Gasteiger partial charge in [0.25, 0.3) is 0 Å². The van der Waals surface area contributed by atoms with Gasteiger partial charge in [-0.1, -0.05) is 0 Å². The number of pyridine rings is 2. The van der Waals surface area contributed by atoms with Crippen molar-refractivity contribution >= 4 is 23.4 Å². The average molecular weight is 232 g/mol. The third-order valence-electron chi connectivity index (χ3n) is 2.39. The predicted molar refractivity (Wildman–Crippen MR) is 66.1 cm³/mol. The summed E-state index contributed by atoms with van der Waals surface area (Å²) in [6, 6.07) is 9.99. The Kier molecular flexibility index (Phi) is 2.88. The minimum absolute atomic E-state index is 0. The molecule has 3 nitrogen and oxygen atoms in total. The van der Waals surface area contributed by atoms with E-state index in [4.69, 9.17) is 0 Å². The van der Waals surface area contributed by atoms with Gasteiger partial charge in [-0.2, -0.15) is 0 Å². The number of aromatic nitrogens is 3. The molecule has 3 heterocycles. The Labute approximate surface area is 99.2 Å². The van der Waals surface area contributed by atoms with Gasteiger partial charge >= 0.3 is 0 Å². The lowest BCUT2D eigenvalue weighted by atomic mass is 10.3. The molecule has 4 heteroatoms. The largest absolute Gasteiger partial charge is 0.301 e. The summed E-state index contributed by atoms with van der Waals surface area (Å²) in [4.78, 5) is 8.36. The molecule has 3 aromatic rings. The van der Waals surface area contributed by atoms with Crippen LogP contribution < -0.4 is 0 Å². The third kappa shape index (κ3) is 1.66. The average Bonchev–Trinajstić information content (AvgIpc) is 2.74. The standard InChI is InChI=1S/C12H9N3.ClH/c1-2-10-5-9-15(12(10)14-6-1)11-3-7-13-8-4-11;/h1-9H;1H. The van der Waals surface area contributed by atoms with Crippen molar-refractivity contribution in [3.05, 3.63) is 55.1 Å².